The van der Waals surface area contributed by atoms with E-state index in [1.165, 1.54) is 0 Å². The fourth-order valence-corrected chi connectivity index (χ4v) is 1.98. The molecule has 0 radical (unpaired) electrons. The van der Waals surface area contributed by atoms with Crippen molar-refractivity contribution in [3.8, 4) is 0 Å². The van der Waals surface area contributed by atoms with Crippen LogP contribution in [0.2, 0.25) is 5.15 Å². The number of halogens is 1. The van der Waals surface area contributed by atoms with Crippen molar-refractivity contribution in [2.24, 2.45) is 0 Å². The molecular formula is C12H13ClN2O. The Morgan fingerprint density at radius 2 is 2.25 bits per heavy atom. The highest BCUT2D eigenvalue weighted by molar-refractivity contribution is 6.32. The molecule has 0 bridgehead atoms. The summed E-state index contributed by atoms with van der Waals surface area (Å²) in [6.45, 7) is 4.13. The zero-order valence-corrected chi connectivity index (χ0v) is 10.0. The second kappa shape index (κ2) is 4.26. The second-order valence-electron chi connectivity index (χ2n) is 4.08. The molecule has 0 aliphatic heterocycles. The van der Waals surface area contributed by atoms with Gasteiger partial charge in [-0.15, -0.1) is 0 Å². The van der Waals surface area contributed by atoms with Gasteiger partial charge in [0.05, 0.1) is 5.52 Å². The lowest BCUT2D eigenvalue weighted by molar-refractivity contribution is -0.107. The van der Waals surface area contributed by atoms with Gasteiger partial charge in [-0.25, -0.2) is 4.98 Å². The molecule has 0 N–H and O–H groups in total. The lowest BCUT2D eigenvalue weighted by Crippen LogP contribution is -1.98. The van der Waals surface area contributed by atoms with Crippen LogP contribution >= 0.6 is 11.6 Å². The first-order valence-corrected chi connectivity index (χ1v) is 5.61. The lowest BCUT2D eigenvalue weighted by atomic mass is 10.2. The van der Waals surface area contributed by atoms with Crippen molar-refractivity contribution in [2.75, 3.05) is 0 Å². The monoisotopic (exact) mass is 236 g/mol. The van der Waals surface area contributed by atoms with Crippen molar-refractivity contribution < 1.29 is 4.79 Å². The SMILES string of the molecule is CC(C)c1nc(Cl)c2ccc(CC=O)cn12. The molecule has 0 saturated heterocycles. The van der Waals surface area contributed by atoms with E-state index in [1.54, 1.807) is 0 Å². The predicted octanol–water partition coefficient (Wildman–Crippen LogP) is 2.85. The smallest absolute Gasteiger partial charge is 0.155 e. The highest BCUT2D eigenvalue weighted by Gasteiger charge is 2.12. The van der Waals surface area contributed by atoms with Crippen LogP contribution in [0, 0.1) is 0 Å². The molecule has 0 aliphatic carbocycles. The molecule has 0 saturated carbocycles. The van der Waals surface area contributed by atoms with E-state index >= 15 is 0 Å². The number of hydrogen-bond donors (Lipinski definition) is 0. The topological polar surface area (TPSA) is 34.4 Å². The predicted molar refractivity (Wildman–Crippen MR) is 64.1 cm³/mol. The van der Waals surface area contributed by atoms with E-state index in [9.17, 15) is 4.79 Å². The van der Waals surface area contributed by atoms with Crippen LogP contribution in [0.1, 0.15) is 31.2 Å². The third kappa shape index (κ3) is 1.83. The van der Waals surface area contributed by atoms with Crippen LogP contribution in [0.4, 0.5) is 0 Å². The number of aromatic nitrogens is 2. The molecule has 0 aromatic carbocycles. The Hall–Kier alpha value is -1.35. The molecule has 0 amide bonds. The van der Waals surface area contributed by atoms with Gasteiger partial charge in [-0.2, -0.15) is 0 Å². The number of rotatable bonds is 3. The van der Waals surface area contributed by atoms with Crippen molar-refractivity contribution in [3.05, 3.63) is 34.9 Å². The third-order valence-electron chi connectivity index (χ3n) is 2.52. The maximum absolute atomic E-state index is 10.5. The largest absolute Gasteiger partial charge is 0.303 e. The van der Waals surface area contributed by atoms with E-state index in [0.717, 1.165) is 23.2 Å². The first-order chi connectivity index (χ1) is 7.63. The molecule has 3 nitrogen and oxygen atoms in total. The van der Waals surface area contributed by atoms with E-state index < -0.39 is 0 Å². The van der Waals surface area contributed by atoms with E-state index in [-0.39, 0.29) is 0 Å². The number of aldehydes is 1. The summed E-state index contributed by atoms with van der Waals surface area (Å²) in [7, 11) is 0. The molecule has 2 rings (SSSR count). The van der Waals surface area contributed by atoms with Crippen LogP contribution in [0.3, 0.4) is 0 Å². The summed E-state index contributed by atoms with van der Waals surface area (Å²) >= 11 is 6.05. The van der Waals surface area contributed by atoms with Crippen LogP contribution in [-0.2, 0) is 11.2 Å². The van der Waals surface area contributed by atoms with Crippen LogP contribution in [-0.4, -0.2) is 15.7 Å². The standard InChI is InChI=1S/C12H13ClN2O/c1-8(2)12-14-11(13)10-4-3-9(5-6-16)7-15(10)12/h3-4,6-8H,5H2,1-2H3. The minimum atomic E-state index is 0.298. The molecule has 2 heterocycles. The highest BCUT2D eigenvalue weighted by atomic mass is 35.5. The summed E-state index contributed by atoms with van der Waals surface area (Å²) < 4.78 is 1.96. The molecule has 84 valence electrons. The van der Waals surface area contributed by atoms with Crippen LogP contribution < -0.4 is 0 Å². The maximum atomic E-state index is 10.5. The van der Waals surface area contributed by atoms with Crippen molar-refractivity contribution >= 4 is 23.4 Å². The van der Waals surface area contributed by atoms with Gasteiger partial charge in [0.15, 0.2) is 5.15 Å². The number of carbonyl (C=O) groups excluding carboxylic acids is 1. The van der Waals surface area contributed by atoms with Gasteiger partial charge >= 0.3 is 0 Å². The molecule has 2 aromatic rings. The van der Waals surface area contributed by atoms with Crippen LogP contribution in [0.25, 0.3) is 5.52 Å². The third-order valence-corrected chi connectivity index (χ3v) is 2.79. The Morgan fingerprint density at radius 1 is 1.50 bits per heavy atom. The zero-order chi connectivity index (χ0) is 11.7. The van der Waals surface area contributed by atoms with E-state index in [0.29, 0.717) is 17.5 Å². The zero-order valence-electron chi connectivity index (χ0n) is 9.27. The number of fused-ring (bicyclic) bond motifs is 1. The molecule has 0 atom stereocenters. The van der Waals surface area contributed by atoms with Crippen LogP contribution in [0.15, 0.2) is 18.3 Å². The lowest BCUT2D eigenvalue weighted by Gasteiger charge is -2.05. The molecule has 0 spiro atoms. The number of nitrogens with zero attached hydrogens (tertiary/aromatic N) is 2. The summed E-state index contributed by atoms with van der Waals surface area (Å²) in [6.07, 6.45) is 3.25. The van der Waals surface area contributed by atoms with Gasteiger partial charge in [0.25, 0.3) is 0 Å². The molecule has 2 aromatic heterocycles. The first-order valence-electron chi connectivity index (χ1n) is 5.23. The summed E-state index contributed by atoms with van der Waals surface area (Å²) in [4.78, 5) is 14.8. The van der Waals surface area contributed by atoms with Crippen molar-refractivity contribution in [3.63, 3.8) is 0 Å². The minimum absolute atomic E-state index is 0.298. The van der Waals surface area contributed by atoms with Crippen LogP contribution in [0.5, 0.6) is 0 Å². The molecule has 4 heteroatoms. The van der Waals surface area contributed by atoms with Gasteiger partial charge in [0.2, 0.25) is 0 Å². The molecule has 16 heavy (non-hydrogen) atoms. The average molecular weight is 237 g/mol. The van der Waals surface area contributed by atoms with E-state index in [2.05, 4.69) is 18.8 Å². The highest BCUT2D eigenvalue weighted by Crippen LogP contribution is 2.23. The molecule has 0 unspecified atom stereocenters. The van der Waals surface area contributed by atoms with E-state index in [4.69, 9.17) is 11.6 Å². The number of pyridine rings is 1. The van der Waals surface area contributed by atoms with Gasteiger partial charge < -0.3 is 9.20 Å². The average Bonchev–Trinajstić information content (AvgIpc) is 2.57. The molecule has 0 aliphatic rings. The maximum Gasteiger partial charge on any atom is 0.155 e. The Kier molecular flexibility index (Phi) is 2.97. The Labute approximate surface area is 99.1 Å². The molecule has 0 fully saturated rings. The minimum Gasteiger partial charge on any atom is -0.303 e. The van der Waals surface area contributed by atoms with Gasteiger partial charge in [0.1, 0.15) is 12.1 Å². The number of carbonyl (C=O) groups is 1. The van der Waals surface area contributed by atoms with Gasteiger partial charge in [-0.05, 0) is 11.6 Å². The van der Waals surface area contributed by atoms with E-state index in [1.807, 2.05) is 22.7 Å². The summed E-state index contributed by atoms with van der Waals surface area (Å²) in [5.41, 5.74) is 1.86. The number of imidazole rings is 1. The van der Waals surface area contributed by atoms with Gasteiger partial charge in [-0.3, -0.25) is 0 Å². The van der Waals surface area contributed by atoms with Crippen molar-refractivity contribution in [2.45, 2.75) is 26.2 Å². The number of hydrogen-bond acceptors (Lipinski definition) is 2. The molecular weight excluding hydrogens is 224 g/mol. The fraction of sp³-hybridized carbons (Fsp3) is 0.333. The quantitative estimate of drug-likeness (QED) is 0.768. The Morgan fingerprint density at radius 3 is 2.88 bits per heavy atom. The Bertz CT molecular complexity index is 531. The van der Waals surface area contributed by atoms with Crippen molar-refractivity contribution in [1.82, 2.24) is 9.38 Å². The second-order valence-corrected chi connectivity index (χ2v) is 4.44. The Balaban J connectivity index is 2.64. The fourth-order valence-electron chi connectivity index (χ4n) is 1.74. The van der Waals surface area contributed by atoms with Gasteiger partial charge in [-0.1, -0.05) is 31.5 Å². The first kappa shape index (κ1) is 11.1. The summed E-state index contributed by atoms with van der Waals surface area (Å²) in [5.74, 6) is 1.22. The summed E-state index contributed by atoms with van der Waals surface area (Å²) in [6, 6.07) is 3.81. The van der Waals surface area contributed by atoms with Crippen molar-refractivity contribution in [1.29, 1.82) is 0 Å². The summed E-state index contributed by atoms with van der Waals surface area (Å²) in [5, 5.41) is 0.515. The normalized spacial score (nSPS) is 11.2. The van der Waals surface area contributed by atoms with Gasteiger partial charge in [0, 0.05) is 18.5 Å².